The first-order chi connectivity index (χ1) is 13.2. The third kappa shape index (κ3) is 4.92. The van der Waals surface area contributed by atoms with Gasteiger partial charge in [0.05, 0.1) is 5.56 Å². The molecule has 1 saturated carbocycles. The summed E-state index contributed by atoms with van der Waals surface area (Å²) in [6.07, 6.45) is 0.887. The summed E-state index contributed by atoms with van der Waals surface area (Å²) in [6.45, 7) is 0. The van der Waals surface area contributed by atoms with E-state index in [1.165, 1.54) is 6.07 Å². The van der Waals surface area contributed by atoms with Crippen molar-refractivity contribution in [3.8, 4) is 11.8 Å². The molecule has 0 atom stereocenters. The second-order valence-electron chi connectivity index (χ2n) is 7.11. The van der Waals surface area contributed by atoms with E-state index in [1.54, 1.807) is 18.2 Å². The molecule has 2 nitrogen and oxygen atoms in total. The molecule has 0 heterocycles. The first-order valence-corrected chi connectivity index (χ1v) is 9.01. The van der Waals surface area contributed by atoms with E-state index in [2.05, 4.69) is 11.8 Å². The van der Waals surface area contributed by atoms with Crippen LogP contribution >= 0.6 is 0 Å². The molecule has 1 aliphatic rings. The van der Waals surface area contributed by atoms with Crippen molar-refractivity contribution >= 4 is 5.91 Å². The Kier molecular flexibility index (Phi) is 5.73. The molecule has 0 unspecified atom stereocenters. The topological polar surface area (TPSA) is 43.1 Å². The Morgan fingerprint density at radius 3 is 2.43 bits per heavy atom. The molecular formula is C22H19F4NO. The zero-order valence-corrected chi connectivity index (χ0v) is 15.1. The van der Waals surface area contributed by atoms with Crippen molar-refractivity contribution in [2.75, 3.05) is 0 Å². The van der Waals surface area contributed by atoms with Crippen molar-refractivity contribution in [3.63, 3.8) is 0 Å². The normalized spacial score (nSPS) is 16.3. The van der Waals surface area contributed by atoms with Crippen molar-refractivity contribution < 1.29 is 22.4 Å². The number of carbonyl (C=O) groups excluding carboxylic acids is 1. The standard InChI is InChI=1S/C22H19F4NO/c23-18-5-4-16(20(24)13-18)3-1-14-2-6-19(21(27)28)17(11-14)12-15-7-9-22(25,26)10-8-15/h2,4-6,11,13,15H,7-10,12H2,(H2,27,28). The number of hydrogen-bond acceptors (Lipinski definition) is 1. The molecule has 28 heavy (non-hydrogen) atoms. The molecule has 0 saturated heterocycles. The van der Waals surface area contributed by atoms with Crippen molar-refractivity contribution in [2.45, 2.75) is 38.0 Å². The highest BCUT2D eigenvalue weighted by Crippen LogP contribution is 2.37. The van der Waals surface area contributed by atoms with Gasteiger partial charge < -0.3 is 5.73 Å². The zero-order chi connectivity index (χ0) is 20.3. The molecule has 146 valence electrons. The minimum absolute atomic E-state index is 0.0375. The summed E-state index contributed by atoms with van der Waals surface area (Å²) in [5.74, 6) is 0.813. The average Bonchev–Trinajstić information content (AvgIpc) is 2.63. The molecule has 1 aliphatic carbocycles. The number of carbonyl (C=O) groups is 1. The van der Waals surface area contributed by atoms with E-state index >= 15 is 0 Å². The lowest BCUT2D eigenvalue weighted by molar-refractivity contribution is -0.0456. The van der Waals surface area contributed by atoms with E-state index in [1.807, 2.05) is 0 Å². The van der Waals surface area contributed by atoms with Crippen LogP contribution < -0.4 is 5.73 Å². The van der Waals surface area contributed by atoms with E-state index in [9.17, 15) is 22.4 Å². The zero-order valence-electron chi connectivity index (χ0n) is 15.1. The van der Waals surface area contributed by atoms with Crippen LogP contribution in [0.3, 0.4) is 0 Å². The van der Waals surface area contributed by atoms with Gasteiger partial charge in [0.25, 0.3) is 0 Å². The lowest BCUT2D eigenvalue weighted by Crippen LogP contribution is -2.26. The summed E-state index contributed by atoms with van der Waals surface area (Å²) in [4.78, 5) is 11.7. The second-order valence-corrected chi connectivity index (χ2v) is 7.11. The maximum Gasteiger partial charge on any atom is 0.248 e. The van der Waals surface area contributed by atoms with Gasteiger partial charge in [0.1, 0.15) is 11.6 Å². The molecule has 2 N–H and O–H groups in total. The summed E-state index contributed by atoms with van der Waals surface area (Å²) < 4.78 is 53.4. The Morgan fingerprint density at radius 1 is 1.07 bits per heavy atom. The number of amides is 1. The fourth-order valence-electron chi connectivity index (χ4n) is 3.43. The molecule has 2 aromatic rings. The van der Waals surface area contributed by atoms with Crippen molar-refractivity contribution in [2.24, 2.45) is 11.7 Å². The fourth-order valence-corrected chi connectivity index (χ4v) is 3.43. The van der Waals surface area contributed by atoms with E-state index in [-0.39, 0.29) is 24.3 Å². The monoisotopic (exact) mass is 389 g/mol. The first-order valence-electron chi connectivity index (χ1n) is 9.01. The van der Waals surface area contributed by atoms with E-state index in [0.29, 0.717) is 36.0 Å². The van der Waals surface area contributed by atoms with Crippen LogP contribution in [0.25, 0.3) is 0 Å². The molecule has 1 fully saturated rings. The molecule has 0 aliphatic heterocycles. The lowest BCUT2D eigenvalue weighted by Gasteiger charge is -2.28. The van der Waals surface area contributed by atoms with Crippen LogP contribution in [-0.4, -0.2) is 11.8 Å². The van der Waals surface area contributed by atoms with E-state index < -0.39 is 23.5 Å². The third-order valence-corrected chi connectivity index (χ3v) is 4.99. The van der Waals surface area contributed by atoms with Crippen molar-refractivity contribution in [1.82, 2.24) is 0 Å². The largest absolute Gasteiger partial charge is 0.366 e. The summed E-state index contributed by atoms with van der Waals surface area (Å²) in [6, 6.07) is 7.94. The first kappa shape index (κ1) is 19.9. The molecule has 0 aromatic heterocycles. The van der Waals surface area contributed by atoms with Gasteiger partial charge in [-0.3, -0.25) is 4.79 Å². The van der Waals surface area contributed by atoms with Gasteiger partial charge in [-0.15, -0.1) is 0 Å². The van der Waals surface area contributed by atoms with Crippen LogP contribution in [0, 0.1) is 29.4 Å². The lowest BCUT2D eigenvalue weighted by atomic mass is 9.82. The molecule has 0 bridgehead atoms. The van der Waals surface area contributed by atoms with Crippen LogP contribution in [-0.2, 0) is 6.42 Å². The summed E-state index contributed by atoms with van der Waals surface area (Å²) in [7, 11) is 0. The van der Waals surface area contributed by atoms with Gasteiger partial charge in [0.15, 0.2) is 0 Å². The van der Waals surface area contributed by atoms with Crippen molar-refractivity contribution in [3.05, 3.63) is 70.3 Å². The molecule has 3 rings (SSSR count). The van der Waals surface area contributed by atoms with E-state index in [4.69, 9.17) is 5.73 Å². The number of nitrogens with two attached hydrogens (primary N) is 1. The molecular weight excluding hydrogens is 370 g/mol. The Labute approximate surface area is 160 Å². The maximum absolute atomic E-state index is 13.7. The number of rotatable bonds is 3. The van der Waals surface area contributed by atoms with Gasteiger partial charge in [-0.05, 0) is 61.1 Å². The predicted octanol–water partition coefficient (Wildman–Crippen LogP) is 4.83. The van der Waals surface area contributed by atoms with Gasteiger partial charge in [-0.2, -0.15) is 0 Å². The number of benzene rings is 2. The number of halogens is 4. The van der Waals surface area contributed by atoms with Gasteiger partial charge in [0.2, 0.25) is 11.8 Å². The quantitative estimate of drug-likeness (QED) is 0.593. The Morgan fingerprint density at radius 2 is 1.79 bits per heavy atom. The third-order valence-electron chi connectivity index (χ3n) is 4.99. The highest BCUT2D eigenvalue weighted by atomic mass is 19.3. The maximum atomic E-state index is 13.7. The van der Waals surface area contributed by atoms with Crippen LogP contribution in [0.2, 0.25) is 0 Å². The molecule has 0 spiro atoms. The fraction of sp³-hybridized carbons (Fsp3) is 0.318. The van der Waals surface area contributed by atoms with Gasteiger partial charge >= 0.3 is 0 Å². The minimum Gasteiger partial charge on any atom is -0.366 e. The van der Waals surface area contributed by atoms with Crippen molar-refractivity contribution in [1.29, 1.82) is 0 Å². The van der Waals surface area contributed by atoms with Gasteiger partial charge in [0, 0.05) is 30.0 Å². The second kappa shape index (κ2) is 8.05. The predicted molar refractivity (Wildman–Crippen MR) is 97.9 cm³/mol. The van der Waals surface area contributed by atoms with Crippen LogP contribution in [0.1, 0.15) is 52.7 Å². The number of hydrogen-bond donors (Lipinski definition) is 1. The average molecular weight is 389 g/mol. The Balaban J connectivity index is 1.84. The summed E-state index contributed by atoms with van der Waals surface area (Å²) in [5.41, 5.74) is 6.99. The highest BCUT2D eigenvalue weighted by Gasteiger charge is 2.35. The summed E-state index contributed by atoms with van der Waals surface area (Å²) in [5, 5.41) is 0. The SMILES string of the molecule is NC(=O)c1ccc(C#Cc2ccc(F)cc2F)cc1CC1CCC(F)(F)CC1. The smallest absolute Gasteiger partial charge is 0.248 e. The number of primary amides is 1. The van der Waals surface area contributed by atoms with Gasteiger partial charge in [-0.1, -0.05) is 11.8 Å². The molecule has 6 heteroatoms. The summed E-state index contributed by atoms with van der Waals surface area (Å²) >= 11 is 0. The van der Waals surface area contributed by atoms with Crippen LogP contribution in [0.5, 0.6) is 0 Å². The molecule has 0 radical (unpaired) electrons. The van der Waals surface area contributed by atoms with E-state index in [0.717, 1.165) is 12.1 Å². The Bertz CT molecular complexity index is 949. The van der Waals surface area contributed by atoms with Crippen LogP contribution in [0.15, 0.2) is 36.4 Å². The van der Waals surface area contributed by atoms with Gasteiger partial charge in [-0.25, -0.2) is 17.6 Å². The number of alkyl halides is 2. The minimum atomic E-state index is -2.62. The highest BCUT2D eigenvalue weighted by molar-refractivity contribution is 5.94. The Hall–Kier alpha value is -2.81. The molecule has 2 aromatic carbocycles. The van der Waals surface area contributed by atoms with Crippen LogP contribution in [0.4, 0.5) is 17.6 Å². The molecule has 1 amide bonds.